The minimum atomic E-state index is -2.04. The van der Waals surface area contributed by atoms with Gasteiger partial charge in [-0.1, -0.05) is 44.1 Å². The summed E-state index contributed by atoms with van der Waals surface area (Å²) in [6.07, 6.45) is 1.66. The first kappa shape index (κ1) is 10.2. The van der Waals surface area contributed by atoms with E-state index in [1.165, 1.54) is 0 Å². The Balaban J connectivity index is 1.91. The van der Waals surface area contributed by atoms with Crippen LogP contribution >= 0.6 is 0 Å². The number of furan rings is 1. The Morgan fingerprint density at radius 1 is 1.05 bits per heavy atom. The topological polar surface area (TPSA) is 26.0 Å². The van der Waals surface area contributed by atoms with Gasteiger partial charge in [-0.05, 0) is 35.7 Å². The van der Waals surface area contributed by atoms with E-state index in [1.807, 2.05) is 48.5 Å². The summed E-state index contributed by atoms with van der Waals surface area (Å²) in [6.45, 7) is -0.322. The summed E-state index contributed by atoms with van der Waals surface area (Å²) >= 11 is 0. The Kier molecular flexibility index (Phi) is 2.31. The molecule has 0 amide bonds. The second kappa shape index (κ2) is 4.99. The maximum Gasteiger partial charge on any atom is 0.144 e. The molecule has 108 valence electrons. The largest absolute Gasteiger partial charge is 0.455 e. The quantitative estimate of drug-likeness (QED) is 0.468. The molecular weight excluding hydrogens is 270 g/mol. The Hall–Kier alpha value is -2.61. The highest BCUT2D eigenvalue weighted by Crippen LogP contribution is 2.35. The first-order chi connectivity index (χ1) is 11.9. The van der Waals surface area contributed by atoms with Crippen LogP contribution in [0.5, 0.6) is 0 Å². The highest BCUT2D eigenvalue weighted by Gasteiger charge is 2.13. The van der Waals surface area contributed by atoms with Crippen molar-refractivity contribution in [1.29, 1.82) is 0 Å². The lowest BCUT2D eigenvalue weighted by molar-refractivity contribution is 0.670. The van der Waals surface area contributed by atoms with Crippen molar-refractivity contribution in [3.8, 4) is 11.3 Å². The number of nitrogens with zero attached hydrogens (tertiary/aromatic N) is 1. The van der Waals surface area contributed by atoms with E-state index in [-0.39, 0.29) is 0 Å². The molecule has 2 aromatic carbocycles. The van der Waals surface area contributed by atoms with E-state index in [9.17, 15) is 0 Å². The molecule has 0 radical (unpaired) electrons. The number of hydrogen-bond donors (Lipinski definition) is 0. The molecule has 0 bridgehead atoms. The van der Waals surface area contributed by atoms with Gasteiger partial charge in [0.05, 0.1) is 5.69 Å². The normalized spacial score (nSPS) is 15.4. The van der Waals surface area contributed by atoms with Gasteiger partial charge in [-0.15, -0.1) is 0 Å². The molecule has 0 aliphatic carbocycles. The standard InChI is InChI=1S/C20H17NO/c1-13(2)14-10-11-21-18(12-14)17-8-5-7-16-15-6-3-4-9-19(15)22-20(16)17/h3-13H,1-2H3/i1D3. The Morgan fingerprint density at radius 2 is 1.91 bits per heavy atom. The maximum absolute atomic E-state index is 7.65. The minimum absolute atomic E-state index is 0.552. The fourth-order valence-corrected chi connectivity index (χ4v) is 2.81. The molecule has 2 heteroatoms. The molecule has 0 N–H and O–H groups in total. The molecule has 22 heavy (non-hydrogen) atoms. The molecule has 0 fully saturated rings. The highest BCUT2D eigenvalue weighted by atomic mass is 16.3. The van der Waals surface area contributed by atoms with Crippen LogP contribution in [0.25, 0.3) is 33.2 Å². The molecule has 0 saturated carbocycles. The molecule has 4 rings (SSSR count). The third-order valence-electron chi connectivity index (χ3n) is 3.96. The lowest BCUT2D eigenvalue weighted by Gasteiger charge is -2.07. The summed E-state index contributed by atoms with van der Waals surface area (Å²) in [5.41, 5.74) is 3.94. The van der Waals surface area contributed by atoms with Crippen LogP contribution in [0.4, 0.5) is 0 Å². The van der Waals surface area contributed by atoms with Crippen molar-refractivity contribution in [3.63, 3.8) is 0 Å². The summed E-state index contributed by atoms with van der Waals surface area (Å²) in [5.74, 6) is -0.552. The molecule has 2 aromatic heterocycles. The molecule has 0 spiro atoms. The van der Waals surface area contributed by atoms with Crippen molar-refractivity contribution in [2.24, 2.45) is 0 Å². The predicted octanol–water partition coefficient (Wildman–Crippen LogP) is 5.77. The van der Waals surface area contributed by atoms with Gasteiger partial charge in [-0.3, -0.25) is 4.98 Å². The van der Waals surface area contributed by atoms with Crippen molar-refractivity contribution in [2.75, 3.05) is 0 Å². The van der Waals surface area contributed by atoms with Crippen molar-refractivity contribution in [1.82, 2.24) is 4.98 Å². The zero-order valence-corrected chi connectivity index (χ0v) is 12.2. The number of pyridine rings is 1. The summed E-state index contributed by atoms with van der Waals surface area (Å²) in [6, 6.07) is 17.5. The second-order valence-corrected chi connectivity index (χ2v) is 5.48. The van der Waals surface area contributed by atoms with Gasteiger partial charge in [0, 0.05) is 26.6 Å². The van der Waals surface area contributed by atoms with Crippen molar-refractivity contribution < 1.29 is 8.53 Å². The monoisotopic (exact) mass is 290 g/mol. The summed E-state index contributed by atoms with van der Waals surface area (Å²) in [7, 11) is 0. The minimum Gasteiger partial charge on any atom is -0.455 e. The predicted molar refractivity (Wildman–Crippen MR) is 91.0 cm³/mol. The van der Waals surface area contributed by atoms with E-state index in [0.717, 1.165) is 38.8 Å². The number of rotatable bonds is 2. The molecule has 0 saturated heterocycles. The molecule has 1 atom stereocenters. The van der Waals surface area contributed by atoms with Crippen molar-refractivity contribution >= 4 is 21.9 Å². The molecule has 2 nitrogen and oxygen atoms in total. The zero-order valence-electron chi connectivity index (χ0n) is 15.2. The Morgan fingerprint density at radius 3 is 2.82 bits per heavy atom. The highest BCUT2D eigenvalue weighted by molar-refractivity contribution is 6.09. The number of para-hydroxylation sites is 2. The van der Waals surface area contributed by atoms with E-state index in [4.69, 9.17) is 8.53 Å². The van der Waals surface area contributed by atoms with E-state index in [2.05, 4.69) is 4.98 Å². The van der Waals surface area contributed by atoms with Crippen molar-refractivity contribution in [2.45, 2.75) is 19.7 Å². The van der Waals surface area contributed by atoms with Crippen LogP contribution in [-0.2, 0) is 0 Å². The van der Waals surface area contributed by atoms with E-state index in [0.29, 0.717) is 0 Å². The van der Waals surface area contributed by atoms with E-state index >= 15 is 0 Å². The van der Waals surface area contributed by atoms with Crippen LogP contribution < -0.4 is 0 Å². The van der Waals surface area contributed by atoms with Gasteiger partial charge in [-0.2, -0.15) is 0 Å². The smallest absolute Gasteiger partial charge is 0.144 e. The molecule has 4 aromatic rings. The number of aromatic nitrogens is 1. The van der Waals surface area contributed by atoms with Crippen LogP contribution in [0.1, 0.15) is 29.4 Å². The lowest BCUT2D eigenvalue weighted by atomic mass is 10.0. The van der Waals surface area contributed by atoms with Gasteiger partial charge in [-0.25, -0.2) is 0 Å². The van der Waals surface area contributed by atoms with Crippen LogP contribution in [0.3, 0.4) is 0 Å². The van der Waals surface area contributed by atoms with Crippen molar-refractivity contribution in [3.05, 3.63) is 66.4 Å². The summed E-state index contributed by atoms with van der Waals surface area (Å²) in [4.78, 5) is 4.45. The SMILES string of the molecule is [2H]C([2H])([2H])C(C)c1ccnc(-c2cccc3c2oc2ccccc23)c1. The van der Waals surface area contributed by atoms with Gasteiger partial charge < -0.3 is 4.42 Å². The van der Waals surface area contributed by atoms with Gasteiger partial charge in [0.25, 0.3) is 0 Å². The number of hydrogen-bond acceptors (Lipinski definition) is 2. The molecule has 2 heterocycles. The fraction of sp³-hybridized carbons (Fsp3) is 0.150. The van der Waals surface area contributed by atoms with Crippen LogP contribution in [0, 0.1) is 0 Å². The Labute approximate surface area is 133 Å². The average molecular weight is 290 g/mol. The molecule has 0 aliphatic heterocycles. The number of fused-ring (bicyclic) bond motifs is 3. The molecular formula is C20H17NO. The number of benzene rings is 2. The lowest BCUT2D eigenvalue weighted by Crippen LogP contribution is -1.90. The van der Waals surface area contributed by atoms with E-state index < -0.39 is 12.8 Å². The van der Waals surface area contributed by atoms with Crippen LogP contribution in [0.15, 0.2) is 65.2 Å². The second-order valence-electron chi connectivity index (χ2n) is 5.48. The van der Waals surface area contributed by atoms with Crippen LogP contribution in [-0.4, -0.2) is 4.98 Å². The van der Waals surface area contributed by atoms with Gasteiger partial charge in [0.15, 0.2) is 0 Å². The van der Waals surface area contributed by atoms with Crippen LogP contribution in [0.2, 0.25) is 0 Å². The Bertz CT molecular complexity index is 1070. The maximum atomic E-state index is 7.65. The molecule has 1 unspecified atom stereocenters. The fourth-order valence-electron chi connectivity index (χ4n) is 2.81. The zero-order chi connectivity index (χ0) is 17.6. The first-order valence-corrected chi connectivity index (χ1v) is 7.32. The molecule has 0 aliphatic rings. The van der Waals surface area contributed by atoms with Gasteiger partial charge in [0.2, 0.25) is 0 Å². The van der Waals surface area contributed by atoms with E-state index in [1.54, 1.807) is 19.2 Å². The van der Waals surface area contributed by atoms with Gasteiger partial charge in [0.1, 0.15) is 11.2 Å². The first-order valence-electron chi connectivity index (χ1n) is 8.82. The average Bonchev–Trinajstić information content (AvgIpc) is 2.99. The van der Waals surface area contributed by atoms with Gasteiger partial charge >= 0.3 is 0 Å². The summed E-state index contributed by atoms with van der Waals surface area (Å²) < 4.78 is 29.0. The third kappa shape index (κ3) is 2.00. The summed E-state index contributed by atoms with van der Waals surface area (Å²) in [5, 5.41) is 2.09. The third-order valence-corrected chi connectivity index (χ3v) is 3.96.